The molecule has 3 rings (SSSR count). The van der Waals surface area contributed by atoms with Gasteiger partial charge in [0, 0.05) is 45.1 Å². The van der Waals surface area contributed by atoms with Crippen LogP contribution < -0.4 is 5.32 Å². The molecule has 0 unspecified atom stereocenters. The maximum absolute atomic E-state index is 12.5. The number of nitrogens with zero attached hydrogens (tertiary/aromatic N) is 1. The minimum atomic E-state index is -0.956. The van der Waals surface area contributed by atoms with Crippen molar-refractivity contribution in [3.63, 3.8) is 0 Å². The van der Waals surface area contributed by atoms with E-state index < -0.39 is 16.7 Å². The van der Waals surface area contributed by atoms with Gasteiger partial charge in [-0.15, -0.1) is 0 Å². The highest BCUT2D eigenvalue weighted by Crippen LogP contribution is 2.24. The molecule has 0 aliphatic rings. The lowest BCUT2D eigenvalue weighted by molar-refractivity contribution is 0.0988. The van der Waals surface area contributed by atoms with Crippen LogP contribution >= 0.6 is 11.6 Å². The predicted octanol–water partition coefficient (Wildman–Crippen LogP) is 4.43. The molecule has 1 amide bonds. The second-order valence-electron chi connectivity index (χ2n) is 5.85. The van der Waals surface area contributed by atoms with E-state index in [0.29, 0.717) is 22.2 Å². The van der Waals surface area contributed by atoms with Crippen LogP contribution in [0.25, 0.3) is 11.3 Å². The largest absolute Gasteiger partial charge is 0.350 e. The Bertz CT molecular complexity index is 984. The molecule has 134 valence electrons. The van der Waals surface area contributed by atoms with Gasteiger partial charge >= 0.3 is 0 Å². The summed E-state index contributed by atoms with van der Waals surface area (Å²) in [5.74, 6) is 0.143. The van der Waals surface area contributed by atoms with E-state index in [-0.39, 0.29) is 5.76 Å². The Hall–Kier alpha value is -2.44. The zero-order valence-electron chi connectivity index (χ0n) is 14.3. The first kappa shape index (κ1) is 18.4. The summed E-state index contributed by atoms with van der Waals surface area (Å²) in [6, 6.07) is 14.2. The molecule has 0 fully saturated rings. The number of halogens is 1. The standard InChI is InChI=1S/C19H17ClN2O3S/c1-12-14(11-26(2)24)6-4-8-16(12)21-19(23)18-10-17(22-25-18)13-5-3-7-15(20)9-13/h3-10H,11H2,1-2H3,(H,21,23)/t26-/m1/s1. The highest BCUT2D eigenvalue weighted by molar-refractivity contribution is 7.83. The van der Waals surface area contributed by atoms with E-state index in [0.717, 1.165) is 16.7 Å². The number of aromatic nitrogens is 1. The van der Waals surface area contributed by atoms with Gasteiger partial charge in [-0.2, -0.15) is 0 Å². The molecule has 2 aromatic carbocycles. The molecule has 3 aromatic rings. The number of rotatable bonds is 5. The molecule has 0 saturated heterocycles. The van der Waals surface area contributed by atoms with Gasteiger partial charge in [-0.05, 0) is 36.2 Å². The molecule has 7 heteroatoms. The monoisotopic (exact) mass is 388 g/mol. The van der Waals surface area contributed by atoms with Gasteiger partial charge in [0.25, 0.3) is 5.91 Å². The second kappa shape index (κ2) is 7.85. The van der Waals surface area contributed by atoms with Gasteiger partial charge in [0.15, 0.2) is 0 Å². The Morgan fingerprint density at radius 2 is 2.00 bits per heavy atom. The number of carbonyl (C=O) groups excluding carboxylic acids is 1. The summed E-state index contributed by atoms with van der Waals surface area (Å²) in [6.07, 6.45) is 1.65. The number of benzene rings is 2. The maximum Gasteiger partial charge on any atom is 0.294 e. The summed E-state index contributed by atoms with van der Waals surface area (Å²) >= 11 is 5.98. The van der Waals surface area contributed by atoms with Crippen molar-refractivity contribution in [3.05, 3.63) is 70.4 Å². The van der Waals surface area contributed by atoms with E-state index in [1.54, 1.807) is 36.6 Å². The van der Waals surface area contributed by atoms with Crippen molar-refractivity contribution in [2.45, 2.75) is 12.7 Å². The third-order valence-electron chi connectivity index (χ3n) is 3.91. The molecule has 0 spiro atoms. The summed E-state index contributed by atoms with van der Waals surface area (Å²) in [6.45, 7) is 1.88. The molecule has 1 aromatic heterocycles. The zero-order chi connectivity index (χ0) is 18.7. The zero-order valence-corrected chi connectivity index (χ0v) is 15.9. The minimum absolute atomic E-state index is 0.101. The van der Waals surface area contributed by atoms with Crippen molar-refractivity contribution in [2.24, 2.45) is 0 Å². The first-order valence-corrected chi connectivity index (χ1v) is 9.97. The van der Waals surface area contributed by atoms with Gasteiger partial charge in [-0.25, -0.2) is 0 Å². The lowest BCUT2D eigenvalue weighted by Crippen LogP contribution is -2.12. The smallest absolute Gasteiger partial charge is 0.294 e. The van der Waals surface area contributed by atoms with Crippen LogP contribution in [0.1, 0.15) is 21.7 Å². The lowest BCUT2D eigenvalue weighted by Gasteiger charge is -2.10. The highest BCUT2D eigenvalue weighted by Gasteiger charge is 2.16. The van der Waals surface area contributed by atoms with E-state index in [1.165, 1.54) is 0 Å². The Balaban J connectivity index is 1.80. The fourth-order valence-corrected chi connectivity index (χ4v) is 3.49. The van der Waals surface area contributed by atoms with Crippen LogP contribution in [0.2, 0.25) is 5.02 Å². The summed E-state index contributed by atoms with van der Waals surface area (Å²) in [5, 5.41) is 7.33. The van der Waals surface area contributed by atoms with Gasteiger partial charge < -0.3 is 9.84 Å². The van der Waals surface area contributed by atoms with E-state index in [9.17, 15) is 9.00 Å². The average Bonchev–Trinajstić information content (AvgIpc) is 3.08. The van der Waals surface area contributed by atoms with Crippen LogP contribution in [-0.4, -0.2) is 21.5 Å². The number of carbonyl (C=O) groups is 1. The molecule has 26 heavy (non-hydrogen) atoms. The van der Waals surface area contributed by atoms with E-state index in [1.807, 2.05) is 25.1 Å². The molecule has 1 heterocycles. The topological polar surface area (TPSA) is 72.2 Å². The summed E-state index contributed by atoms with van der Waals surface area (Å²) in [4.78, 5) is 12.5. The molecule has 1 N–H and O–H groups in total. The van der Waals surface area contributed by atoms with Crippen molar-refractivity contribution < 1.29 is 13.5 Å². The van der Waals surface area contributed by atoms with Crippen LogP contribution in [-0.2, 0) is 16.6 Å². The van der Waals surface area contributed by atoms with Crippen molar-refractivity contribution >= 4 is 34.0 Å². The Kier molecular flexibility index (Phi) is 5.54. The van der Waals surface area contributed by atoms with Crippen LogP contribution in [0.4, 0.5) is 5.69 Å². The van der Waals surface area contributed by atoms with E-state index >= 15 is 0 Å². The molecular weight excluding hydrogens is 372 g/mol. The fraction of sp³-hybridized carbons (Fsp3) is 0.158. The first-order chi connectivity index (χ1) is 12.4. The third-order valence-corrected chi connectivity index (χ3v) is 4.86. The van der Waals surface area contributed by atoms with Gasteiger partial charge in [0.1, 0.15) is 5.69 Å². The number of nitrogens with one attached hydrogen (secondary N) is 1. The average molecular weight is 389 g/mol. The van der Waals surface area contributed by atoms with Gasteiger partial charge in [-0.1, -0.05) is 41.0 Å². The molecule has 5 nitrogen and oxygen atoms in total. The normalized spacial score (nSPS) is 12.0. The van der Waals surface area contributed by atoms with Gasteiger partial charge in [0.05, 0.1) is 0 Å². The predicted molar refractivity (Wildman–Crippen MR) is 104 cm³/mol. The molecular formula is C19H17ClN2O3S. The number of anilines is 1. The SMILES string of the molecule is Cc1c(C[S@@](C)=O)cccc1NC(=O)c1cc(-c2cccc(Cl)c2)no1. The summed E-state index contributed by atoms with van der Waals surface area (Å²) in [5.41, 5.74) is 3.76. The van der Waals surface area contributed by atoms with Gasteiger partial charge in [-0.3, -0.25) is 9.00 Å². The van der Waals surface area contributed by atoms with Gasteiger partial charge in [0.2, 0.25) is 5.76 Å². The number of hydrogen-bond donors (Lipinski definition) is 1. The Labute approximate surface area is 158 Å². The summed E-state index contributed by atoms with van der Waals surface area (Å²) in [7, 11) is -0.956. The van der Waals surface area contributed by atoms with Crippen molar-refractivity contribution in [3.8, 4) is 11.3 Å². The second-order valence-corrected chi connectivity index (χ2v) is 7.72. The molecule has 0 bridgehead atoms. The molecule has 0 saturated carbocycles. The Morgan fingerprint density at radius 1 is 1.23 bits per heavy atom. The number of hydrogen-bond acceptors (Lipinski definition) is 4. The molecule has 1 atom stereocenters. The lowest BCUT2D eigenvalue weighted by atomic mass is 10.1. The van der Waals surface area contributed by atoms with Crippen LogP contribution in [0.5, 0.6) is 0 Å². The number of amides is 1. The fourth-order valence-electron chi connectivity index (χ4n) is 2.54. The first-order valence-electron chi connectivity index (χ1n) is 7.86. The van der Waals surface area contributed by atoms with Crippen LogP contribution in [0.3, 0.4) is 0 Å². The van der Waals surface area contributed by atoms with Crippen LogP contribution in [0.15, 0.2) is 53.1 Å². The Morgan fingerprint density at radius 3 is 2.73 bits per heavy atom. The van der Waals surface area contributed by atoms with E-state index in [2.05, 4.69) is 10.5 Å². The molecule has 0 aliphatic carbocycles. The van der Waals surface area contributed by atoms with Crippen molar-refractivity contribution in [1.29, 1.82) is 0 Å². The maximum atomic E-state index is 12.5. The van der Waals surface area contributed by atoms with E-state index in [4.69, 9.17) is 16.1 Å². The third kappa shape index (κ3) is 4.20. The van der Waals surface area contributed by atoms with Crippen LogP contribution in [0, 0.1) is 6.92 Å². The molecule has 0 radical (unpaired) electrons. The highest BCUT2D eigenvalue weighted by atomic mass is 35.5. The van der Waals surface area contributed by atoms with Crippen molar-refractivity contribution in [2.75, 3.05) is 11.6 Å². The minimum Gasteiger partial charge on any atom is -0.350 e. The quantitative estimate of drug-likeness (QED) is 0.701. The summed E-state index contributed by atoms with van der Waals surface area (Å²) < 4.78 is 16.6. The van der Waals surface area contributed by atoms with Crippen molar-refractivity contribution in [1.82, 2.24) is 5.16 Å². The molecule has 0 aliphatic heterocycles.